The van der Waals surface area contributed by atoms with E-state index in [0.29, 0.717) is 5.88 Å². The van der Waals surface area contributed by atoms with Gasteiger partial charge in [-0.15, -0.1) is 0 Å². The molecule has 0 bridgehead atoms. The van der Waals surface area contributed by atoms with E-state index in [1.165, 1.54) is 0 Å². The number of hydrogen-bond donors (Lipinski definition) is 1. The van der Waals surface area contributed by atoms with Crippen LogP contribution in [0.1, 0.15) is 38.1 Å². The highest BCUT2D eigenvalue weighted by atomic mass is 16.3. The van der Waals surface area contributed by atoms with Crippen molar-refractivity contribution in [2.45, 2.75) is 40.2 Å². The summed E-state index contributed by atoms with van der Waals surface area (Å²) in [5.41, 5.74) is 1.90. The predicted molar refractivity (Wildman–Crippen MR) is 48.4 cm³/mol. The number of nitrogens with zero attached hydrogens (tertiary/aromatic N) is 2. The van der Waals surface area contributed by atoms with Gasteiger partial charge in [-0.1, -0.05) is 6.92 Å². The van der Waals surface area contributed by atoms with E-state index in [4.69, 9.17) is 0 Å². The minimum atomic E-state index is 0.226. The molecule has 1 aromatic rings. The van der Waals surface area contributed by atoms with Crippen LogP contribution in [-0.2, 0) is 6.42 Å². The molecule has 0 fully saturated rings. The Morgan fingerprint density at radius 2 is 2.08 bits per heavy atom. The second kappa shape index (κ2) is 3.17. The fraction of sp³-hybridized carbons (Fsp3) is 0.667. The molecule has 0 saturated heterocycles. The molecular formula is C9H16N2O. The topological polar surface area (TPSA) is 38.0 Å². The highest BCUT2D eigenvalue weighted by molar-refractivity contribution is 5.29. The summed E-state index contributed by atoms with van der Waals surface area (Å²) in [5, 5.41) is 13.9. The largest absolute Gasteiger partial charge is 0.493 e. The number of aromatic nitrogens is 2. The Morgan fingerprint density at radius 3 is 2.33 bits per heavy atom. The van der Waals surface area contributed by atoms with Crippen LogP contribution in [0.2, 0.25) is 0 Å². The monoisotopic (exact) mass is 168 g/mol. The average molecular weight is 168 g/mol. The number of aromatic hydroxyl groups is 1. The number of aryl methyl sites for hydroxylation is 1. The summed E-state index contributed by atoms with van der Waals surface area (Å²) in [6.45, 7) is 7.96. The predicted octanol–water partition coefficient (Wildman–Crippen LogP) is 2.04. The van der Waals surface area contributed by atoms with Gasteiger partial charge < -0.3 is 5.11 Å². The van der Waals surface area contributed by atoms with Gasteiger partial charge in [-0.25, -0.2) is 4.68 Å². The lowest BCUT2D eigenvalue weighted by Gasteiger charge is -2.05. The van der Waals surface area contributed by atoms with Gasteiger partial charge in [0.2, 0.25) is 5.88 Å². The summed E-state index contributed by atoms with van der Waals surface area (Å²) in [6, 6.07) is 0.226. The average Bonchev–Trinajstić information content (AvgIpc) is 2.30. The zero-order valence-electron chi connectivity index (χ0n) is 8.13. The lowest BCUT2D eigenvalue weighted by molar-refractivity contribution is 0.374. The summed E-state index contributed by atoms with van der Waals surface area (Å²) in [7, 11) is 0. The minimum absolute atomic E-state index is 0.226. The Morgan fingerprint density at radius 1 is 1.50 bits per heavy atom. The molecule has 0 aliphatic heterocycles. The zero-order chi connectivity index (χ0) is 9.30. The summed E-state index contributed by atoms with van der Waals surface area (Å²) in [6.07, 6.45) is 0.874. The molecule has 0 aliphatic rings. The molecule has 1 rings (SSSR count). The van der Waals surface area contributed by atoms with E-state index < -0.39 is 0 Å². The molecule has 0 spiro atoms. The van der Waals surface area contributed by atoms with E-state index in [1.807, 2.05) is 27.7 Å². The van der Waals surface area contributed by atoms with E-state index >= 15 is 0 Å². The smallest absolute Gasteiger partial charge is 0.212 e. The first-order valence-electron chi connectivity index (χ1n) is 4.34. The first-order valence-corrected chi connectivity index (χ1v) is 4.34. The Labute approximate surface area is 73.0 Å². The molecule has 1 aromatic heterocycles. The Balaban J connectivity index is 3.16. The van der Waals surface area contributed by atoms with E-state index in [-0.39, 0.29) is 6.04 Å². The number of hydrogen-bond acceptors (Lipinski definition) is 2. The normalized spacial score (nSPS) is 11.1. The van der Waals surface area contributed by atoms with Crippen molar-refractivity contribution >= 4 is 0 Å². The van der Waals surface area contributed by atoms with Crippen molar-refractivity contribution in [2.24, 2.45) is 0 Å². The van der Waals surface area contributed by atoms with Crippen LogP contribution in [0.25, 0.3) is 0 Å². The van der Waals surface area contributed by atoms with Crippen LogP contribution in [-0.4, -0.2) is 14.9 Å². The molecule has 0 atom stereocenters. The third kappa shape index (κ3) is 1.31. The van der Waals surface area contributed by atoms with Crippen molar-refractivity contribution in [2.75, 3.05) is 0 Å². The van der Waals surface area contributed by atoms with Gasteiger partial charge in [0, 0.05) is 5.56 Å². The van der Waals surface area contributed by atoms with Crippen molar-refractivity contribution in [3.63, 3.8) is 0 Å². The summed E-state index contributed by atoms with van der Waals surface area (Å²) < 4.78 is 1.66. The Kier molecular flexibility index (Phi) is 2.40. The van der Waals surface area contributed by atoms with Crippen LogP contribution in [0.3, 0.4) is 0 Å². The van der Waals surface area contributed by atoms with Crippen LogP contribution in [0.5, 0.6) is 5.88 Å². The summed E-state index contributed by atoms with van der Waals surface area (Å²) in [4.78, 5) is 0. The van der Waals surface area contributed by atoms with Crippen molar-refractivity contribution < 1.29 is 5.11 Å². The zero-order valence-corrected chi connectivity index (χ0v) is 8.13. The molecule has 1 N–H and O–H groups in total. The quantitative estimate of drug-likeness (QED) is 0.733. The van der Waals surface area contributed by atoms with Gasteiger partial charge in [-0.05, 0) is 27.2 Å². The molecule has 0 aliphatic carbocycles. The fourth-order valence-corrected chi connectivity index (χ4v) is 1.25. The SMILES string of the molecule is CCc1nn(C(C)C)c(O)c1C. The first kappa shape index (κ1) is 9.10. The summed E-state index contributed by atoms with van der Waals surface area (Å²) in [5.74, 6) is 0.307. The van der Waals surface area contributed by atoms with Gasteiger partial charge in [0.05, 0.1) is 11.7 Å². The third-order valence-corrected chi connectivity index (χ3v) is 2.04. The maximum atomic E-state index is 9.62. The van der Waals surface area contributed by atoms with Crippen LogP contribution >= 0.6 is 0 Å². The molecule has 12 heavy (non-hydrogen) atoms. The first-order chi connectivity index (χ1) is 5.57. The van der Waals surface area contributed by atoms with Crippen LogP contribution < -0.4 is 0 Å². The van der Waals surface area contributed by atoms with Gasteiger partial charge >= 0.3 is 0 Å². The van der Waals surface area contributed by atoms with Crippen LogP contribution in [0.15, 0.2) is 0 Å². The Bertz CT molecular complexity index is 276. The lowest BCUT2D eigenvalue weighted by Crippen LogP contribution is -2.02. The van der Waals surface area contributed by atoms with E-state index in [0.717, 1.165) is 17.7 Å². The van der Waals surface area contributed by atoms with E-state index in [9.17, 15) is 5.11 Å². The van der Waals surface area contributed by atoms with Crippen LogP contribution in [0.4, 0.5) is 0 Å². The van der Waals surface area contributed by atoms with Crippen molar-refractivity contribution in [3.05, 3.63) is 11.3 Å². The van der Waals surface area contributed by atoms with Gasteiger partial charge in [-0.2, -0.15) is 5.10 Å². The highest BCUT2D eigenvalue weighted by Crippen LogP contribution is 2.23. The van der Waals surface area contributed by atoms with Crippen molar-refractivity contribution in [1.29, 1.82) is 0 Å². The second-order valence-electron chi connectivity index (χ2n) is 3.29. The molecule has 0 saturated carbocycles. The van der Waals surface area contributed by atoms with Gasteiger partial charge in [0.25, 0.3) is 0 Å². The molecule has 1 heterocycles. The molecule has 0 amide bonds. The molecule has 3 nitrogen and oxygen atoms in total. The van der Waals surface area contributed by atoms with E-state index in [1.54, 1.807) is 4.68 Å². The standard InChI is InChI=1S/C9H16N2O/c1-5-8-7(4)9(12)11(10-8)6(2)3/h6,12H,5H2,1-4H3. The van der Waals surface area contributed by atoms with Crippen molar-refractivity contribution in [1.82, 2.24) is 9.78 Å². The van der Waals surface area contributed by atoms with Gasteiger partial charge in [-0.3, -0.25) is 0 Å². The highest BCUT2D eigenvalue weighted by Gasteiger charge is 2.13. The molecule has 3 heteroatoms. The lowest BCUT2D eigenvalue weighted by atomic mass is 10.2. The molecular weight excluding hydrogens is 152 g/mol. The minimum Gasteiger partial charge on any atom is -0.493 e. The fourth-order valence-electron chi connectivity index (χ4n) is 1.25. The van der Waals surface area contributed by atoms with Gasteiger partial charge in [0.1, 0.15) is 0 Å². The molecule has 68 valence electrons. The molecule has 0 unspecified atom stereocenters. The maximum Gasteiger partial charge on any atom is 0.212 e. The molecule has 0 radical (unpaired) electrons. The third-order valence-electron chi connectivity index (χ3n) is 2.04. The van der Waals surface area contributed by atoms with Crippen LogP contribution in [0, 0.1) is 6.92 Å². The molecule has 0 aromatic carbocycles. The van der Waals surface area contributed by atoms with Crippen molar-refractivity contribution in [3.8, 4) is 5.88 Å². The summed E-state index contributed by atoms with van der Waals surface area (Å²) >= 11 is 0. The maximum absolute atomic E-state index is 9.62. The number of rotatable bonds is 2. The van der Waals surface area contributed by atoms with E-state index in [2.05, 4.69) is 5.10 Å². The second-order valence-corrected chi connectivity index (χ2v) is 3.29. The van der Waals surface area contributed by atoms with Gasteiger partial charge in [0.15, 0.2) is 0 Å². The Hall–Kier alpha value is -0.990.